The van der Waals surface area contributed by atoms with Gasteiger partial charge in [-0.2, -0.15) is 0 Å². The Bertz CT molecular complexity index is 570. The summed E-state index contributed by atoms with van der Waals surface area (Å²) in [6.07, 6.45) is 5.51. The number of ether oxygens (including phenoxy) is 2. The van der Waals surface area contributed by atoms with Gasteiger partial charge < -0.3 is 19.9 Å². The largest absolute Gasteiger partial charge is 0.481 e. The normalized spacial score (nSPS) is 16.4. The predicted molar refractivity (Wildman–Crippen MR) is 87.1 cm³/mol. The zero-order valence-electron chi connectivity index (χ0n) is 13.9. The van der Waals surface area contributed by atoms with Crippen molar-refractivity contribution in [1.29, 1.82) is 0 Å². The van der Waals surface area contributed by atoms with Crippen molar-refractivity contribution in [3.05, 3.63) is 23.9 Å². The lowest BCUT2D eigenvalue weighted by Crippen LogP contribution is -2.44. The number of carboxylic acid groups (broad SMARTS) is 1. The topological polar surface area (TPSA) is 97.8 Å². The molecule has 7 nitrogen and oxygen atoms in total. The molecule has 1 saturated carbocycles. The van der Waals surface area contributed by atoms with Crippen molar-refractivity contribution < 1.29 is 24.2 Å². The smallest absolute Gasteiger partial charge is 0.311 e. The number of aliphatic carboxylic acids is 1. The second kappa shape index (κ2) is 8.63. The first-order chi connectivity index (χ1) is 11.6. The maximum atomic E-state index is 12.3. The molecule has 0 atom stereocenters. The van der Waals surface area contributed by atoms with E-state index in [2.05, 4.69) is 10.3 Å². The van der Waals surface area contributed by atoms with Gasteiger partial charge in [-0.05, 0) is 18.9 Å². The van der Waals surface area contributed by atoms with E-state index in [0.717, 1.165) is 19.3 Å². The first-order valence-electron chi connectivity index (χ1n) is 8.17. The van der Waals surface area contributed by atoms with Crippen molar-refractivity contribution in [2.24, 2.45) is 5.41 Å². The molecule has 1 heterocycles. The van der Waals surface area contributed by atoms with Crippen LogP contribution in [0.1, 0.15) is 42.5 Å². The summed E-state index contributed by atoms with van der Waals surface area (Å²) in [5.74, 6) is -0.814. The Labute approximate surface area is 141 Å². The fourth-order valence-electron chi connectivity index (χ4n) is 2.91. The number of carbonyl (C=O) groups is 2. The van der Waals surface area contributed by atoms with Crippen LogP contribution < -0.4 is 10.1 Å². The first-order valence-corrected chi connectivity index (χ1v) is 8.17. The van der Waals surface area contributed by atoms with Gasteiger partial charge >= 0.3 is 5.97 Å². The molecule has 0 spiro atoms. The second-order valence-electron chi connectivity index (χ2n) is 6.05. The molecule has 1 aromatic heterocycles. The van der Waals surface area contributed by atoms with E-state index in [1.807, 2.05) is 0 Å². The average molecular weight is 336 g/mol. The van der Waals surface area contributed by atoms with Crippen molar-refractivity contribution in [3.63, 3.8) is 0 Å². The number of amides is 1. The Hall–Kier alpha value is -2.15. The van der Waals surface area contributed by atoms with E-state index >= 15 is 0 Å². The number of carboxylic acids is 1. The Morgan fingerprint density at radius 2 is 2.04 bits per heavy atom. The van der Waals surface area contributed by atoms with E-state index in [-0.39, 0.29) is 12.5 Å². The zero-order chi connectivity index (χ0) is 17.4. The highest BCUT2D eigenvalue weighted by Crippen LogP contribution is 2.36. The molecular weight excluding hydrogens is 312 g/mol. The molecule has 0 bridgehead atoms. The van der Waals surface area contributed by atoms with Crippen molar-refractivity contribution in [1.82, 2.24) is 10.3 Å². The van der Waals surface area contributed by atoms with E-state index < -0.39 is 11.4 Å². The molecule has 1 aromatic rings. The Balaban J connectivity index is 1.96. The summed E-state index contributed by atoms with van der Waals surface area (Å²) < 4.78 is 10.3. The standard InChI is InChI=1S/C17H24N2O5/c1-23-9-10-24-14-11-13(5-8-18-14)15(20)19-12-17(16(21)22)6-3-2-4-7-17/h5,8,11H,2-4,6-7,9-10,12H2,1H3,(H,19,20)(H,21,22). The number of aromatic nitrogens is 1. The minimum atomic E-state index is -0.848. The zero-order valence-corrected chi connectivity index (χ0v) is 13.9. The van der Waals surface area contributed by atoms with Gasteiger partial charge in [0.25, 0.3) is 5.91 Å². The lowest BCUT2D eigenvalue weighted by atomic mass is 9.74. The Morgan fingerprint density at radius 1 is 1.29 bits per heavy atom. The highest BCUT2D eigenvalue weighted by molar-refractivity contribution is 5.94. The fraction of sp³-hybridized carbons (Fsp3) is 0.588. The first kappa shape index (κ1) is 18.2. The quantitative estimate of drug-likeness (QED) is 0.703. The lowest BCUT2D eigenvalue weighted by Gasteiger charge is -2.33. The van der Waals surface area contributed by atoms with Crippen molar-refractivity contribution >= 4 is 11.9 Å². The number of nitrogens with zero attached hydrogens (tertiary/aromatic N) is 1. The van der Waals surface area contributed by atoms with Crippen molar-refractivity contribution in [3.8, 4) is 5.88 Å². The summed E-state index contributed by atoms with van der Waals surface area (Å²) in [5.41, 5.74) is -0.451. The number of methoxy groups -OCH3 is 1. The number of nitrogens with one attached hydrogen (secondary N) is 1. The molecule has 2 rings (SSSR count). The third kappa shape index (κ3) is 4.67. The van der Waals surface area contributed by atoms with Gasteiger partial charge in [0.15, 0.2) is 0 Å². The number of carbonyl (C=O) groups excluding carboxylic acids is 1. The summed E-state index contributed by atoms with van der Waals surface area (Å²) >= 11 is 0. The van der Waals surface area contributed by atoms with Gasteiger partial charge in [-0.1, -0.05) is 19.3 Å². The number of pyridine rings is 1. The van der Waals surface area contributed by atoms with Crippen LogP contribution in [0.5, 0.6) is 5.88 Å². The number of hydrogen-bond donors (Lipinski definition) is 2. The third-order valence-electron chi connectivity index (χ3n) is 4.39. The van der Waals surface area contributed by atoms with E-state index in [1.54, 1.807) is 19.2 Å². The van der Waals surface area contributed by atoms with E-state index in [1.165, 1.54) is 6.20 Å². The van der Waals surface area contributed by atoms with Gasteiger partial charge in [0.2, 0.25) is 5.88 Å². The van der Waals surface area contributed by atoms with Crippen LogP contribution in [0.15, 0.2) is 18.3 Å². The molecule has 0 radical (unpaired) electrons. The van der Waals surface area contributed by atoms with Crippen molar-refractivity contribution in [2.45, 2.75) is 32.1 Å². The van der Waals surface area contributed by atoms with Crippen LogP contribution in [0.25, 0.3) is 0 Å². The molecule has 2 N–H and O–H groups in total. The van der Waals surface area contributed by atoms with Crippen LogP contribution in [0.4, 0.5) is 0 Å². The minimum Gasteiger partial charge on any atom is -0.481 e. The highest BCUT2D eigenvalue weighted by Gasteiger charge is 2.39. The molecule has 1 amide bonds. The SMILES string of the molecule is COCCOc1cc(C(=O)NCC2(C(=O)O)CCCCC2)ccn1. The molecule has 24 heavy (non-hydrogen) atoms. The summed E-state index contributed by atoms with van der Waals surface area (Å²) in [6, 6.07) is 3.12. The minimum absolute atomic E-state index is 0.142. The van der Waals surface area contributed by atoms with E-state index in [9.17, 15) is 14.7 Å². The summed E-state index contributed by atoms with van der Waals surface area (Å²) in [5, 5.41) is 12.3. The van der Waals surface area contributed by atoms with Gasteiger partial charge in [-0.25, -0.2) is 4.98 Å². The maximum absolute atomic E-state index is 12.3. The number of hydrogen-bond acceptors (Lipinski definition) is 5. The van der Waals surface area contributed by atoms with Gasteiger partial charge in [-0.15, -0.1) is 0 Å². The van der Waals surface area contributed by atoms with E-state index in [4.69, 9.17) is 9.47 Å². The van der Waals surface area contributed by atoms with Gasteiger partial charge in [0, 0.05) is 31.5 Å². The summed E-state index contributed by atoms with van der Waals surface area (Å²) in [4.78, 5) is 28.0. The number of rotatable bonds is 8. The molecule has 0 aromatic carbocycles. The van der Waals surface area contributed by atoms with Crippen LogP contribution in [-0.2, 0) is 9.53 Å². The van der Waals surface area contributed by atoms with Crippen LogP contribution in [0, 0.1) is 5.41 Å². The molecule has 0 aliphatic heterocycles. The molecular formula is C17H24N2O5. The van der Waals surface area contributed by atoms with Gasteiger partial charge in [0.05, 0.1) is 12.0 Å². The molecule has 1 fully saturated rings. The van der Waals surface area contributed by atoms with Gasteiger partial charge in [-0.3, -0.25) is 9.59 Å². The van der Waals surface area contributed by atoms with Crippen LogP contribution in [-0.4, -0.2) is 48.8 Å². The molecule has 0 saturated heterocycles. The summed E-state index contributed by atoms with van der Waals surface area (Å²) in [7, 11) is 1.57. The van der Waals surface area contributed by atoms with Gasteiger partial charge in [0.1, 0.15) is 6.61 Å². The molecule has 1 aliphatic rings. The molecule has 1 aliphatic carbocycles. The average Bonchev–Trinajstić information content (AvgIpc) is 2.61. The monoisotopic (exact) mass is 336 g/mol. The maximum Gasteiger partial charge on any atom is 0.311 e. The molecule has 7 heteroatoms. The third-order valence-corrected chi connectivity index (χ3v) is 4.39. The fourth-order valence-corrected chi connectivity index (χ4v) is 2.91. The van der Waals surface area contributed by atoms with Crippen LogP contribution in [0.2, 0.25) is 0 Å². The Morgan fingerprint density at radius 3 is 2.71 bits per heavy atom. The van der Waals surface area contributed by atoms with Crippen molar-refractivity contribution in [2.75, 3.05) is 26.9 Å². The Kier molecular flexibility index (Phi) is 6.54. The lowest BCUT2D eigenvalue weighted by molar-refractivity contribution is -0.150. The van der Waals surface area contributed by atoms with E-state index in [0.29, 0.717) is 37.5 Å². The molecule has 132 valence electrons. The highest BCUT2D eigenvalue weighted by atomic mass is 16.5. The predicted octanol–water partition coefficient (Wildman–Crippen LogP) is 1.87. The van der Waals surface area contributed by atoms with Crippen LogP contribution in [0.3, 0.4) is 0 Å². The van der Waals surface area contributed by atoms with Crippen LogP contribution >= 0.6 is 0 Å². The summed E-state index contributed by atoms with van der Waals surface area (Å²) in [6.45, 7) is 0.916. The second-order valence-corrected chi connectivity index (χ2v) is 6.05. The molecule has 0 unspecified atom stereocenters.